The van der Waals surface area contributed by atoms with E-state index < -0.39 is 15.6 Å². The highest BCUT2D eigenvalue weighted by Gasteiger charge is 2.33. The van der Waals surface area contributed by atoms with E-state index in [0.717, 1.165) is 18.7 Å². The van der Waals surface area contributed by atoms with E-state index in [-0.39, 0.29) is 18.0 Å². The summed E-state index contributed by atoms with van der Waals surface area (Å²) in [4.78, 5) is 28.7. The lowest BCUT2D eigenvalue weighted by Crippen LogP contribution is -2.51. The fourth-order valence-electron chi connectivity index (χ4n) is 4.16. The van der Waals surface area contributed by atoms with Gasteiger partial charge in [0.05, 0.1) is 11.9 Å². The minimum absolute atomic E-state index is 0.155. The Kier molecular flexibility index (Phi) is 7.04. The number of anilines is 1. The Morgan fingerprint density at radius 1 is 1.16 bits per heavy atom. The molecule has 1 N–H and O–H groups in total. The minimum atomic E-state index is -3.35. The van der Waals surface area contributed by atoms with Crippen LogP contribution in [0.1, 0.15) is 43.6 Å². The summed E-state index contributed by atoms with van der Waals surface area (Å²) in [5, 5.41) is 2.94. The monoisotopic (exact) mass is 466 g/mol. The molecule has 0 aromatic heterocycles. The normalized spacial score (nSPS) is 19.6. The first-order chi connectivity index (χ1) is 14.8. The third-order valence-electron chi connectivity index (χ3n) is 5.59. The molecule has 3 rings (SSSR count). The van der Waals surface area contributed by atoms with Crippen molar-refractivity contribution in [2.24, 2.45) is 0 Å². The molecule has 1 saturated heterocycles. The maximum absolute atomic E-state index is 12.6. The van der Waals surface area contributed by atoms with Gasteiger partial charge in [-0.2, -0.15) is 0 Å². The van der Waals surface area contributed by atoms with Crippen LogP contribution in [0.15, 0.2) is 18.2 Å². The number of carbonyl (C=O) groups excluding carboxylic acids is 2. The van der Waals surface area contributed by atoms with Gasteiger partial charge in [0.1, 0.15) is 5.60 Å². The van der Waals surface area contributed by atoms with Crippen molar-refractivity contribution in [2.75, 3.05) is 49.8 Å². The molecule has 0 radical (unpaired) electrons. The summed E-state index contributed by atoms with van der Waals surface area (Å²) in [5.41, 5.74) is 1.55. The SMILES string of the molecule is CC1Cc2cc(C(=O)NCCN3CCN(C(=O)OC(C)(C)C)CC3)ccc2N1S(C)(=O)=O. The van der Waals surface area contributed by atoms with Crippen LogP contribution in [0.5, 0.6) is 0 Å². The third-order valence-corrected chi connectivity index (χ3v) is 6.86. The first-order valence-electron chi connectivity index (χ1n) is 11.0. The van der Waals surface area contributed by atoms with Gasteiger partial charge in [-0.05, 0) is 57.9 Å². The fourth-order valence-corrected chi connectivity index (χ4v) is 5.42. The number of piperazine rings is 1. The second-order valence-corrected chi connectivity index (χ2v) is 11.4. The molecule has 178 valence electrons. The Morgan fingerprint density at radius 2 is 1.81 bits per heavy atom. The second-order valence-electron chi connectivity index (χ2n) is 9.52. The molecule has 0 bridgehead atoms. The third kappa shape index (κ3) is 5.92. The zero-order valence-electron chi connectivity index (χ0n) is 19.6. The number of nitrogens with zero attached hydrogens (tertiary/aromatic N) is 3. The highest BCUT2D eigenvalue weighted by atomic mass is 32.2. The molecule has 0 saturated carbocycles. The van der Waals surface area contributed by atoms with Crippen molar-refractivity contribution in [3.05, 3.63) is 29.3 Å². The molecule has 1 unspecified atom stereocenters. The van der Waals surface area contributed by atoms with E-state index in [0.29, 0.717) is 43.9 Å². The maximum Gasteiger partial charge on any atom is 0.410 e. The van der Waals surface area contributed by atoms with Gasteiger partial charge in [-0.15, -0.1) is 0 Å². The number of fused-ring (bicyclic) bond motifs is 1. The lowest BCUT2D eigenvalue weighted by Gasteiger charge is -2.35. The van der Waals surface area contributed by atoms with E-state index >= 15 is 0 Å². The summed E-state index contributed by atoms with van der Waals surface area (Å²) in [6.07, 6.45) is 1.50. The molecule has 9 nitrogen and oxygen atoms in total. The van der Waals surface area contributed by atoms with Crippen LogP contribution in [0.25, 0.3) is 0 Å². The molecule has 0 aliphatic carbocycles. The molecule has 1 aromatic rings. The molecule has 2 amide bonds. The van der Waals surface area contributed by atoms with Gasteiger partial charge in [-0.3, -0.25) is 14.0 Å². The van der Waals surface area contributed by atoms with Crippen molar-refractivity contribution in [1.29, 1.82) is 0 Å². The van der Waals surface area contributed by atoms with E-state index in [4.69, 9.17) is 4.74 Å². The molecule has 2 aliphatic rings. The molecule has 0 spiro atoms. The summed E-state index contributed by atoms with van der Waals surface area (Å²) >= 11 is 0. The van der Waals surface area contributed by atoms with Crippen LogP contribution < -0.4 is 9.62 Å². The van der Waals surface area contributed by atoms with Gasteiger partial charge in [-0.1, -0.05) is 0 Å². The van der Waals surface area contributed by atoms with Gasteiger partial charge in [0, 0.05) is 50.9 Å². The number of nitrogens with one attached hydrogen (secondary N) is 1. The molecule has 1 atom stereocenters. The van der Waals surface area contributed by atoms with Crippen molar-refractivity contribution < 1.29 is 22.7 Å². The molecule has 2 heterocycles. The van der Waals surface area contributed by atoms with Crippen LogP contribution in [0.3, 0.4) is 0 Å². The Hall–Kier alpha value is -2.33. The van der Waals surface area contributed by atoms with Gasteiger partial charge < -0.3 is 15.0 Å². The topological polar surface area (TPSA) is 99.3 Å². The van der Waals surface area contributed by atoms with Crippen LogP contribution in [-0.2, 0) is 21.2 Å². The first kappa shape index (κ1) is 24.3. The fraction of sp³-hybridized carbons (Fsp3) is 0.636. The zero-order valence-corrected chi connectivity index (χ0v) is 20.4. The van der Waals surface area contributed by atoms with Gasteiger partial charge in [-0.25, -0.2) is 13.2 Å². The molecule has 2 aliphatic heterocycles. The molecule has 1 aromatic carbocycles. The van der Waals surface area contributed by atoms with E-state index in [2.05, 4.69) is 10.2 Å². The lowest BCUT2D eigenvalue weighted by molar-refractivity contribution is 0.0147. The average molecular weight is 467 g/mol. The van der Waals surface area contributed by atoms with E-state index in [1.54, 1.807) is 23.1 Å². The predicted molar refractivity (Wildman–Crippen MR) is 124 cm³/mol. The number of amides is 2. The van der Waals surface area contributed by atoms with Crippen LogP contribution in [0, 0.1) is 0 Å². The Balaban J connectivity index is 1.47. The maximum atomic E-state index is 12.6. The van der Waals surface area contributed by atoms with E-state index in [9.17, 15) is 18.0 Å². The van der Waals surface area contributed by atoms with Crippen LogP contribution >= 0.6 is 0 Å². The van der Waals surface area contributed by atoms with Crippen molar-refractivity contribution in [1.82, 2.24) is 15.1 Å². The number of rotatable bonds is 5. The number of carbonyl (C=O) groups is 2. The molecular weight excluding hydrogens is 432 g/mol. The van der Waals surface area contributed by atoms with Crippen LogP contribution in [-0.4, -0.2) is 87.4 Å². The summed E-state index contributed by atoms with van der Waals surface area (Å²) in [6.45, 7) is 11.3. The summed E-state index contributed by atoms with van der Waals surface area (Å²) < 4.78 is 30.9. The second kappa shape index (κ2) is 9.27. The summed E-state index contributed by atoms with van der Waals surface area (Å²) in [5.74, 6) is -0.175. The quantitative estimate of drug-likeness (QED) is 0.709. The van der Waals surface area contributed by atoms with E-state index in [1.165, 1.54) is 10.6 Å². The van der Waals surface area contributed by atoms with E-state index in [1.807, 2.05) is 27.7 Å². The summed E-state index contributed by atoms with van der Waals surface area (Å²) in [6, 6.07) is 5.01. The van der Waals surface area contributed by atoms with Gasteiger partial charge >= 0.3 is 6.09 Å². The molecule has 10 heteroatoms. The number of hydrogen-bond donors (Lipinski definition) is 1. The largest absolute Gasteiger partial charge is 0.444 e. The Bertz CT molecular complexity index is 965. The zero-order chi connectivity index (χ0) is 23.7. The lowest BCUT2D eigenvalue weighted by atomic mass is 10.1. The highest BCUT2D eigenvalue weighted by Crippen LogP contribution is 2.34. The molecule has 1 fully saturated rings. The molecule has 32 heavy (non-hydrogen) atoms. The number of sulfonamides is 1. The van der Waals surface area contributed by atoms with Gasteiger partial charge in [0.2, 0.25) is 10.0 Å². The highest BCUT2D eigenvalue weighted by molar-refractivity contribution is 7.92. The smallest absolute Gasteiger partial charge is 0.410 e. The van der Waals surface area contributed by atoms with Gasteiger partial charge in [0.25, 0.3) is 5.91 Å². The van der Waals surface area contributed by atoms with Gasteiger partial charge in [0.15, 0.2) is 0 Å². The van der Waals surface area contributed by atoms with Crippen LogP contribution in [0.2, 0.25) is 0 Å². The number of benzene rings is 1. The average Bonchev–Trinajstić information content (AvgIpc) is 3.02. The van der Waals surface area contributed by atoms with Crippen molar-refractivity contribution in [2.45, 2.75) is 45.8 Å². The number of ether oxygens (including phenoxy) is 1. The number of hydrogen-bond acceptors (Lipinski definition) is 6. The van der Waals surface area contributed by atoms with Crippen molar-refractivity contribution >= 4 is 27.7 Å². The van der Waals surface area contributed by atoms with Crippen molar-refractivity contribution in [3.8, 4) is 0 Å². The molecular formula is C22H34N4O5S. The van der Waals surface area contributed by atoms with Crippen LogP contribution in [0.4, 0.5) is 10.5 Å². The standard InChI is InChI=1S/C22H34N4O5S/c1-16-14-18-15-17(6-7-19(18)26(16)32(5,29)30)20(27)23-8-9-24-10-12-25(13-11-24)21(28)31-22(2,3)4/h6-7,15-16H,8-14H2,1-5H3,(H,23,27). The Labute approximate surface area is 190 Å². The first-order valence-corrected chi connectivity index (χ1v) is 12.8. The van der Waals surface area contributed by atoms with Crippen molar-refractivity contribution in [3.63, 3.8) is 0 Å². The summed E-state index contributed by atoms with van der Waals surface area (Å²) in [7, 11) is -3.35. The Morgan fingerprint density at radius 3 is 2.41 bits per heavy atom. The minimum Gasteiger partial charge on any atom is -0.444 e. The predicted octanol–water partition coefficient (Wildman–Crippen LogP) is 1.68.